The monoisotopic (exact) mass is 369 g/mol. The molecular weight excluding hydrogens is 342 g/mol. The average Bonchev–Trinajstić information content (AvgIpc) is 3.22. The van der Waals surface area contributed by atoms with Crippen LogP contribution in [0.5, 0.6) is 11.5 Å². The summed E-state index contributed by atoms with van der Waals surface area (Å²) in [6.45, 7) is 4.55. The fourth-order valence-electron chi connectivity index (χ4n) is 3.38. The van der Waals surface area contributed by atoms with Crippen molar-refractivity contribution in [3.05, 3.63) is 47.5 Å². The van der Waals surface area contributed by atoms with Crippen molar-refractivity contribution in [2.24, 2.45) is 0 Å². The van der Waals surface area contributed by atoms with Crippen LogP contribution in [0.15, 0.2) is 36.4 Å². The van der Waals surface area contributed by atoms with E-state index in [1.165, 1.54) is 18.5 Å². The van der Waals surface area contributed by atoms with Crippen molar-refractivity contribution >= 4 is 17.4 Å². The molecule has 0 radical (unpaired) electrons. The minimum Gasteiger partial charge on any atom is -0.493 e. The normalized spacial score (nSPS) is 13.4. The maximum atomic E-state index is 12.4. The molecule has 1 saturated heterocycles. The Labute approximate surface area is 160 Å². The van der Waals surface area contributed by atoms with E-state index in [1.54, 1.807) is 20.3 Å². The topological polar surface area (TPSA) is 62.8 Å². The van der Waals surface area contributed by atoms with Crippen LogP contribution in [0.2, 0.25) is 0 Å². The first kappa shape index (κ1) is 18.9. The van der Waals surface area contributed by atoms with E-state index in [4.69, 9.17) is 9.47 Å². The van der Waals surface area contributed by atoms with Gasteiger partial charge in [0.15, 0.2) is 11.5 Å². The minimum atomic E-state index is -0.249. The number of nitrogens with zero attached hydrogens (tertiary/aromatic N) is 1. The lowest BCUT2D eigenvalue weighted by Gasteiger charge is -2.21. The minimum absolute atomic E-state index is 0.249. The zero-order valence-electron chi connectivity index (χ0n) is 16.2. The van der Waals surface area contributed by atoms with Crippen molar-refractivity contribution in [1.82, 2.24) is 5.32 Å². The Kier molecular flexibility index (Phi) is 6.06. The lowest BCUT2D eigenvalue weighted by Crippen LogP contribution is -2.29. The number of carbonyl (C=O) groups is 1. The van der Waals surface area contributed by atoms with Crippen molar-refractivity contribution in [3.8, 4) is 11.5 Å². The highest BCUT2D eigenvalue weighted by molar-refractivity contribution is 5.90. The number of rotatable bonds is 6. The van der Waals surface area contributed by atoms with Crippen LogP contribution in [0.3, 0.4) is 0 Å². The van der Waals surface area contributed by atoms with E-state index >= 15 is 0 Å². The van der Waals surface area contributed by atoms with Gasteiger partial charge in [0.25, 0.3) is 0 Å². The molecule has 27 heavy (non-hydrogen) atoms. The number of hydrogen-bond acceptors (Lipinski definition) is 4. The zero-order valence-corrected chi connectivity index (χ0v) is 16.2. The van der Waals surface area contributed by atoms with Crippen molar-refractivity contribution in [1.29, 1.82) is 0 Å². The third kappa shape index (κ3) is 4.45. The van der Waals surface area contributed by atoms with Crippen LogP contribution in [0.4, 0.5) is 16.2 Å². The summed E-state index contributed by atoms with van der Waals surface area (Å²) >= 11 is 0. The second kappa shape index (κ2) is 8.66. The highest BCUT2D eigenvalue weighted by Gasteiger charge is 2.16. The zero-order chi connectivity index (χ0) is 19.2. The molecule has 0 spiro atoms. The second-order valence-corrected chi connectivity index (χ2v) is 6.65. The molecule has 1 heterocycles. The third-order valence-corrected chi connectivity index (χ3v) is 4.86. The van der Waals surface area contributed by atoms with Gasteiger partial charge >= 0.3 is 6.03 Å². The van der Waals surface area contributed by atoms with Crippen LogP contribution in [0.1, 0.15) is 24.0 Å². The number of urea groups is 1. The maximum Gasteiger partial charge on any atom is 0.319 e. The summed E-state index contributed by atoms with van der Waals surface area (Å²) in [5.41, 5.74) is 3.93. The summed E-state index contributed by atoms with van der Waals surface area (Å²) < 4.78 is 10.6. The second-order valence-electron chi connectivity index (χ2n) is 6.65. The van der Waals surface area contributed by atoms with Gasteiger partial charge in [0.05, 0.1) is 14.2 Å². The van der Waals surface area contributed by atoms with Gasteiger partial charge in [-0.15, -0.1) is 0 Å². The lowest BCUT2D eigenvalue weighted by atomic mass is 10.1. The Morgan fingerprint density at radius 2 is 1.74 bits per heavy atom. The number of benzene rings is 2. The van der Waals surface area contributed by atoms with Gasteiger partial charge in [-0.1, -0.05) is 18.2 Å². The predicted molar refractivity (Wildman–Crippen MR) is 108 cm³/mol. The number of ether oxygens (including phenoxy) is 2. The molecule has 144 valence electrons. The standard InChI is InChI=1S/C21H27N3O3/c1-15-12-19(26-2)20(27-3)13-17(15)23-21(25)22-14-16-8-4-5-9-18(16)24-10-6-7-11-24/h4-5,8-9,12-13H,6-7,10-11,14H2,1-3H3,(H2,22,23,25). The van der Waals surface area contributed by atoms with Gasteiger partial charge in [0.2, 0.25) is 0 Å². The molecule has 0 atom stereocenters. The molecule has 2 N–H and O–H groups in total. The molecule has 1 aliphatic rings. The van der Waals surface area contributed by atoms with E-state index in [0.29, 0.717) is 23.7 Å². The molecule has 6 nitrogen and oxygen atoms in total. The molecule has 0 aliphatic carbocycles. The molecule has 0 bridgehead atoms. The Bertz CT molecular complexity index is 801. The summed E-state index contributed by atoms with van der Waals surface area (Å²) in [6, 6.07) is 11.6. The van der Waals surface area contributed by atoms with E-state index in [2.05, 4.69) is 27.7 Å². The van der Waals surface area contributed by atoms with E-state index in [-0.39, 0.29) is 6.03 Å². The fourth-order valence-corrected chi connectivity index (χ4v) is 3.38. The van der Waals surface area contributed by atoms with Crippen LogP contribution in [-0.4, -0.2) is 33.3 Å². The van der Waals surface area contributed by atoms with Crippen LogP contribution >= 0.6 is 0 Å². The molecule has 2 aromatic carbocycles. The molecule has 2 amide bonds. The smallest absolute Gasteiger partial charge is 0.319 e. The van der Waals surface area contributed by atoms with Crippen molar-refractivity contribution in [3.63, 3.8) is 0 Å². The maximum absolute atomic E-state index is 12.4. The molecule has 1 aliphatic heterocycles. The fraction of sp³-hybridized carbons (Fsp3) is 0.381. The van der Waals surface area contributed by atoms with Gasteiger partial charge in [0, 0.05) is 37.1 Å². The largest absolute Gasteiger partial charge is 0.493 e. The quantitative estimate of drug-likeness (QED) is 0.810. The molecule has 2 aromatic rings. The first-order valence-corrected chi connectivity index (χ1v) is 9.22. The highest BCUT2D eigenvalue weighted by Crippen LogP contribution is 2.32. The van der Waals surface area contributed by atoms with E-state index < -0.39 is 0 Å². The van der Waals surface area contributed by atoms with Gasteiger partial charge in [-0.3, -0.25) is 0 Å². The van der Waals surface area contributed by atoms with Crippen molar-refractivity contribution < 1.29 is 14.3 Å². The first-order chi connectivity index (χ1) is 13.1. The number of anilines is 2. The van der Waals surface area contributed by atoms with Gasteiger partial charge in [-0.25, -0.2) is 4.79 Å². The van der Waals surface area contributed by atoms with Crippen LogP contribution < -0.4 is 25.0 Å². The van der Waals surface area contributed by atoms with Crippen LogP contribution in [0, 0.1) is 6.92 Å². The number of methoxy groups -OCH3 is 2. The van der Waals surface area contributed by atoms with Gasteiger partial charge in [-0.05, 0) is 43.0 Å². The molecule has 0 saturated carbocycles. The van der Waals surface area contributed by atoms with Crippen LogP contribution in [-0.2, 0) is 6.54 Å². The van der Waals surface area contributed by atoms with Gasteiger partial charge in [-0.2, -0.15) is 0 Å². The van der Waals surface area contributed by atoms with E-state index in [9.17, 15) is 4.79 Å². The summed E-state index contributed by atoms with van der Waals surface area (Å²) in [7, 11) is 3.17. The molecule has 1 fully saturated rings. The highest BCUT2D eigenvalue weighted by atomic mass is 16.5. The number of nitrogens with one attached hydrogen (secondary N) is 2. The van der Waals surface area contributed by atoms with Crippen molar-refractivity contribution in [2.45, 2.75) is 26.3 Å². The Hall–Kier alpha value is -2.89. The summed E-state index contributed by atoms with van der Waals surface area (Å²) in [5.74, 6) is 1.22. The summed E-state index contributed by atoms with van der Waals surface area (Å²) in [5, 5.41) is 5.85. The average molecular weight is 369 g/mol. The van der Waals surface area contributed by atoms with Crippen molar-refractivity contribution in [2.75, 3.05) is 37.5 Å². The lowest BCUT2D eigenvalue weighted by molar-refractivity contribution is 0.251. The number of hydrogen-bond donors (Lipinski definition) is 2. The molecular formula is C21H27N3O3. The van der Waals surface area contributed by atoms with Gasteiger partial charge < -0.3 is 25.0 Å². The molecule has 6 heteroatoms. The molecule has 0 aromatic heterocycles. The third-order valence-electron chi connectivity index (χ3n) is 4.86. The molecule has 3 rings (SSSR count). The summed E-state index contributed by atoms with van der Waals surface area (Å²) in [6.07, 6.45) is 2.45. The Morgan fingerprint density at radius 3 is 2.44 bits per heavy atom. The predicted octanol–water partition coefficient (Wildman–Crippen LogP) is 3.93. The SMILES string of the molecule is COc1cc(C)c(NC(=O)NCc2ccccc2N2CCCC2)cc1OC. The van der Waals surface area contributed by atoms with Crippen LogP contribution in [0.25, 0.3) is 0 Å². The number of para-hydroxylation sites is 1. The Morgan fingerprint density at radius 1 is 1.07 bits per heavy atom. The summed E-state index contributed by atoms with van der Waals surface area (Å²) in [4.78, 5) is 14.8. The van der Waals surface area contributed by atoms with Gasteiger partial charge in [0.1, 0.15) is 0 Å². The van der Waals surface area contributed by atoms with E-state index in [1.807, 2.05) is 25.1 Å². The number of carbonyl (C=O) groups excluding carboxylic acids is 1. The number of amides is 2. The number of aryl methyl sites for hydroxylation is 1. The van der Waals surface area contributed by atoms with E-state index in [0.717, 1.165) is 24.2 Å². The Balaban J connectivity index is 1.66. The molecule has 0 unspecified atom stereocenters. The first-order valence-electron chi connectivity index (χ1n) is 9.22.